The summed E-state index contributed by atoms with van der Waals surface area (Å²) >= 11 is 0. The largest absolute Gasteiger partial charge is 0.483 e. The molecule has 2 N–H and O–H groups in total. The summed E-state index contributed by atoms with van der Waals surface area (Å²) in [6, 6.07) is 4.03. The minimum Gasteiger partial charge on any atom is -0.483 e. The second-order valence-electron chi connectivity index (χ2n) is 6.24. The molecule has 0 aliphatic rings. The van der Waals surface area contributed by atoms with Crippen LogP contribution in [0.25, 0.3) is 0 Å². The van der Waals surface area contributed by atoms with Crippen LogP contribution in [0, 0.1) is 26.7 Å². The van der Waals surface area contributed by atoms with Gasteiger partial charge in [0, 0.05) is 19.5 Å². The van der Waals surface area contributed by atoms with Gasteiger partial charge in [-0.25, -0.2) is 0 Å². The van der Waals surface area contributed by atoms with Crippen molar-refractivity contribution in [1.82, 2.24) is 10.6 Å². The Morgan fingerprint density at radius 2 is 1.57 bits per heavy atom. The maximum atomic E-state index is 11.8. The van der Waals surface area contributed by atoms with Gasteiger partial charge in [0.25, 0.3) is 5.91 Å². The van der Waals surface area contributed by atoms with Crippen LogP contribution in [0.2, 0.25) is 0 Å². The summed E-state index contributed by atoms with van der Waals surface area (Å²) in [5.74, 6) is 0.920. The normalized spacial score (nSPS) is 10.5. The first-order valence-electron chi connectivity index (χ1n) is 8.04. The van der Waals surface area contributed by atoms with E-state index in [0.717, 1.165) is 22.4 Å². The third-order valence-corrected chi connectivity index (χ3v) is 3.58. The number of carbonyl (C=O) groups is 2. The standard InChI is InChI=1S/C18H28N2O3/c1-12(2)10-16(21)19-8-9-20-17(22)11-23-18-14(4)7-6-13(3)15(18)5/h6-7,12H,8-11H2,1-5H3,(H,19,21)(H,20,22). The number of benzene rings is 1. The second kappa shape index (κ2) is 9.18. The molecule has 0 fully saturated rings. The summed E-state index contributed by atoms with van der Waals surface area (Å²) in [6.45, 7) is 10.8. The molecular formula is C18H28N2O3. The van der Waals surface area contributed by atoms with Crippen molar-refractivity contribution in [2.75, 3.05) is 19.7 Å². The highest BCUT2D eigenvalue weighted by Crippen LogP contribution is 2.25. The number of hydrogen-bond donors (Lipinski definition) is 2. The van der Waals surface area contributed by atoms with Gasteiger partial charge < -0.3 is 15.4 Å². The van der Waals surface area contributed by atoms with Gasteiger partial charge in [0.2, 0.25) is 5.91 Å². The molecule has 0 aliphatic carbocycles. The molecule has 0 aromatic heterocycles. The predicted molar refractivity (Wildman–Crippen MR) is 91.6 cm³/mol. The van der Waals surface area contributed by atoms with E-state index in [1.807, 2.05) is 46.8 Å². The Bertz CT molecular complexity index is 553. The van der Waals surface area contributed by atoms with Crippen molar-refractivity contribution >= 4 is 11.8 Å². The van der Waals surface area contributed by atoms with E-state index in [9.17, 15) is 9.59 Å². The number of ether oxygens (including phenoxy) is 1. The molecule has 0 bridgehead atoms. The molecule has 2 amide bonds. The van der Waals surface area contributed by atoms with E-state index in [1.165, 1.54) is 0 Å². The lowest BCUT2D eigenvalue weighted by atomic mass is 10.1. The van der Waals surface area contributed by atoms with Crippen molar-refractivity contribution in [2.45, 2.75) is 41.0 Å². The summed E-state index contributed by atoms with van der Waals surface area (Å²) in [4.78, 5) is 23.3. The molecule has 23 heavy (non-hydrogen) atoms. The molecule has 0 radical (unpaired) electrons. The molecule has 0 spiro atoms. The van der Waals surface area contributed by atoms with Crippen molar-refractivity contribution in [2.24, 2.45) is 5.92 Å². The van der Waals surface area contributed by atoms with Gasteiger partial charge in [-0.15, -0.1) is 0 Å². The maximum Gasteiger partial charge on any atom is 0.258 e. The number of rotatable bonds is 8. The molecule has 0 heterocycles. The number of hydrogen-bond acceptors (Lipinski definition) is 3. The van der Waals surface area contributed by atoms with E-state index < -0.39 is 0 Å². The third-order valence-electron chi connectivity index (χ3n) is 3.58. The van der Waals surface area contributed by atoms with Crippen molar-refractivity contribution in [3.63, 3.8) is 0 Å². The molecule has 0 saturated heterocycles. The average molecular weight is 320 g/mol. The van der Waals surface area contributed by atoms with Gasteiger partial charge in [0.15, 0.2) is 6.61 Å². The van der Waals surface area contributed by atoms with Gasteiger partial charge >= 0.3 is 0 Å². The highest BCUT2D eigenvalue weighted by molar-refractivity contribution is 5.78. The Labute approximate surface area is 138 Å². The first-order valence-corrected chi connectivity index (χ1v) is 8.04. The van der Waals surface area contributed by atoms with E-state index >= 15 is 0 Å². The van der Waals surface area contributed by atoms with Gasteiger partial charge in [0.1, 0.15) is 5.75 Å². The van der Waals surface area contributed by atoms with E-state index in [-0.39, 0.29) is 18.4 Å². The van der Waals surface area contributed by atoms with Crippen LogP contribution in [-0.2, 0) is 9.59 Å². The van der Waals surface area contributed by atoms with Crippen LogP contribution in [0.3, 0.4) is 0 Å². The predicted octanol–water partition coefficient (Wildman–Crippen LogP) is 2.27. The summed E-state index contributed by atoms with van der Waals surface area (Å²) < 4.78 is 5.64. The number of nitrogens with one attached hydrogen (secondary N) is 2. The maximum absolute atomic E-state index is 11.8. The van der Waals surface area contributed by atoms with Crippen LogP contribution < -0.4 is 15.4 Å². The van der Waals surface area contributed by atoms with Crippen molar-refractivity contribution in [3.8, 4) is 5.75 Å². The summed E-state index contributed by atoms with van der Waals surface area (Å²) in [5, 5.41) is 5.51. The Hall–Kier alpha value is -2.04. The van der Waals surface area contributed by atoms with E-state index in [0.29, 0.717) is 25.4 Å². The van der Waals surface area contributed by atoms with E-state index in [4.69, 9.17) is 4.74 Å². The molecule has 0 atom stereocenters. The molecule has 0 aliphatic heterocycles. The number of aryl methyl sites for hydroxylation is 2. The monoisotopic (exact) mass is 320 g/mol. The van der Waals surface area contributed by atoms with Crippen LogP contribution in [-0.4, -0.2) is 31.5 Å². The molecule has 0 saturated carbocycles. The zero-order valence-corrected chi connectivity index (χ0v) is 14.8. The summed E-state index contributed by atoms with van der Waals surface area (Å²) in [5.41, 5.74) is 3.21. The quantitative estimate of drug-likeness (QED) is 0.722. The Morgan fingerprint density at radius 3 is 2.17 bits per heavy atom. The molecule has 128 valence electrons. The molecule has 5 heteroatoms. The molecule has 0 unspecified atom stereocenters. The zero-order chi connectivity index (χ0) is 17.4. The van der Waals surface area contributed by atoms with Crippen molar-refractivity contribution in [1.29, 1.82) is 0 Å². The SMILES string of the molecule is Cc1ccc(C)c(OCC(=O)NCCNC(=O)CC(C)C)c1C. The topological polar surface area (TPSA) is 67.4 Å². The molecule has 1 aromatic carbocycles. The van der Waals surface area contributed by atoms with Gasteiger partial charge in [-0.1, -0.05) is 26.0 Å². The van der Waals surface area contributed by atoms with E-state index in [1.54, 1.807) is 0 Å². The lowest BCUT2D eigenvalue weighted by Crippen LogP contribution is -2.37. The minimum absolute atomic E-state index is 0.0107. The molecular weight excluding hydrogens is 292 g/mol. The van der Waals surface area contributed by atoms with Crippen LogP contribution in [0.1, 0.15) is 37.0 Å². The zero-order valence-electron chi connectivity index (χ0n) is 14.8. The van der Waals surface area contributed by atoms with Crippen molar-refractivity contribution < 1.29 is 14.3 Å². The van der Waals surface area contributed by atoms with Gasteiger partial charge in [-0.3, -0.25) is 9.59 Å². The fourth-order valence-corrected chi connectivity index (χ4v) is 2.18. The fraction of sp³-hybridized carbons (Fsp3) is 0.556. The van der Waals surface area contributed by atoms with Crippen molar-refractivity contribution in [3.05, 3.63) is 28.8 Å². The van der Waals surface area contributed by atoms with Crippen LogP contribution >= 0.6 is 0 Å². The van der Waals surface area contributed by atoms with Crippen LogP contribution in [0.15, 0.2) is 12.1 Å². The number of amides is 2. The van der Waals surface area contributed by atoms with E-state index in [2.05, 4.69) is 10.6 Å². The lowest BCUT2D eigenvalue weighted by Gasteiger charge is -2.14. The smallest absolute Gasteiger partial charge is 0.258 e. The van der Waals surface area contributed by atoms with Crippen LogP contribution in [0.5, 0.6) is 5.75 Å². The van der Waals surface area contributed by atoms with Gasteiger partial charge in [0.05, 0.1) is 0 Å². The molecule has 1 aromatic rings. The number of carbonyl (C=O) groups excluding carboxylic acids is 2. The first-order chi connectivity index (χ1) is 10.8. The second-order valence-corrected chi connectivity index (χ2v) is 6.24. The molecule has 1 rings (SSSR count). The lowest BCUT2D eigenvalue weighted by molar-refractivity contribution is -0.124. The molecule has 5 nitrogen and oxygen atoms in total. The van der Waals surface area contributed by atoms with Gasteiger partial charge in [-0.05, 0) is 43.4 Å². The van der Waals surface area contributed by atoms with Crippen LogP contribution in [0.4, 0.5) is 0 Å². The summed E-state index contributed by atoms with van der Waals surface area (Å²) in [7, 11) is 0. The minimum atomic E-state index is -0.191. The highest BCUT2D eigenvalue weighted by Gasteiger charge is 2.09. The first kappa shape index (κ1) is 19.0. The Kier molecular flexibility index (Phi) is 7.59. The average Bonchev–Trinajstić information content (AvgIpc) is 2.47. The Balaban J connectivity index is 2.30. The highest BCUT2D eigenvalue weighted by atomic mass is 16.5. The third kappa shape index (κ3) is 6.72. The Morgan fingerprint density at radius 1 is 1.00 bits per heavy atom. The fourth-order valence-electron chi connectivity index (χ4n) is 2.18. The summed E-state index contributed by atoms with van der Waals surface area (Å²) in [6.07, 6.45) is 0.503. The van der Waals surface area contributed by atoms with Gasteiger partial charge in [-0.2, -0.15) is 0 Å².